The van der Waals surface area contributed by atoms with Crippen molar-refractivity contribution in [2.24, 2.45) is 17.6 Å². The zero-order valence-electron chi connectivity index (χ0n) is 11.0. The molecule has 3 rings (SSSR count). The van der Waals surface area contributed by atoms with Crippen LogP contribution in [0.3, 0.4) is 0 Å². The maximum Gasteiger partial charge on any atom is 0.131 e. The lowest BCUT2D eigenvalue weighted by molar-refractivity contribution is 0.667. The van der Waals surface area contributed by atoms with Gasteiger partial charge in [-0.1, -0.05) is 6.07 Å². The number of hydrogen-bond acceptors (Lipinski definition) is 3. The molecule has 98 valence electrons. The van der Waals surface area contributed by atoms with Gasteiger partial charge in [0, 0.05) is 19.3 Å². The highest BCUT2D eigenvalue weighted by atomic mass is 15.2. The minimum atomic E-state index is 0.708. The van der Waals surface area contributed by atoms with Crippen molar-refractivity contribution in [1.29, 1.82) is 0 Å². The second-order valence-electron chi connectivity index (χ2n) is 5.82. The van der Waals surface area contributed by atoms with Crippen molar-refractivity contribution in [2.45, 2.75) is 32.1 Å². The van der Waals surface area contributed by atoms with Gasteiger partial charge in [-0.25, -0.2) is 4.98 Å². The van der Waals surface area contributed by atoms with Crippen LogP contribution in [-0.4, -0.2) is 24.6 Å². The van der Waals surface area contributed by atoms with Gasteiger partial charge in [-0.05, 0) is 62.1 Å². The molecule has 1 aromatic heterocycles. The van der Waals surface area contributed by atoms with Crippen molar-refractivity contribution in [3.8, 4) is 0 Å². The molecule has 2 N–H and O–H groups in total. The van der Waals surface area contributed by atoms with Crippen molar-refractivity contribution in [3.63, 3.8) is 0 Å². The summed E-state index contributed by atoms with van der Waals surface area (Å²) in [4.78, 5) is 7.16. The Labute approximate surface area is 109 Å². The SMILES string of the molecule is NCCc1cccnc1N(CC1CC1)CC1CC1. The summed E-state index contributed by atoms with van der Waals surface area (Å²) in [6, 6.07) is 4.21. The minimum absolute atomic E-state index is 0.708. The first kappa shape index (κ1) is 12.0. The van der Waals surface area contributed by atoms with Crippen molar-refractivity contribution in [1.82, 2.24) is 4.98 Å². The summed E-state index contributed by atoms with van der Waals surface area (Å²) in [5.41, 5.74) is 7.03. The van der Waals surface area contributed by atoms with E-state index in [4.69, 9.17) is 5.73 Å². The molecule has 2 saturated carbocycles. The first-order valence-electron chi connectivity index (χ1n) is 7.25. The summed E-state index contributed by atoms with van der Waals surface area (Å²) >= 11 is 0. The molecule has 0 atom stereocenters. The third-order valence-electron chi connectivity index (χ3n) is 3.93. The first-order chi connectivity index (χ1) is 8.86. The number of aromatic nitrogens is 1. The van der Waals surface area contributed by atoms with Gasteiger partial charge in [0.2, 0.25) is 0 Å². The largest absolute Gasteiger partial charge is 0.356 e. The van der Waals surface area contributed by atoms with Crippen molar-refractivity contribution >= 4 is 5.82 Å². The quantitative estimate of drug-likeness (QED) is 0.801. The zero-order valence-corrected chi connectivity index (χ0v) is 11.0. The third-order valence-corrected chi connectivity index (χ3v) is 3.93. The fourth-order valence-corrected chi connectivity index (χ4v) is 2.54. The average Bonchev–Trinajstić information content (AvgIpc) is 3.24. The monoisotopic (exact) mass is 245 g/mol. The maximum absolute atomic E-state index is 5.71. The Morgan fingerprint density at radius 2 is 1.83 bits per heavy atom. The highest BCUT2D eigenvalue weighted by molar-refractivity contribution is 5.47. The second-order valence-corrected chi connectivity index (χ2v) is 5.82. The molecule has 0 unspecified atom stereocenters. The van der Waals surface area contributed by atoms with E-state index in [1.54, 1.807) is 0 Å². The Hall–Kier alpha value is -1.09. The fourth-order valence-electron chi connectivity index (χ4n) is 2.54. The molecule has 0 amide bonds. The van der Waals surface area contributed by atoms with Crippen LogP contribution < -0.4 is 10.6 Å². The van der Waals surface area contributed by atoms with Gasteiger partial charge < -0.3 is 10.6 Å². The lowest BCUT2D eigenvalue weighted by Crippen LogP contribution is -2.30. The minimum Gasteiger partial charge on any atom is -0.356 e. The van der Waals surface area contributed by atoms with Crippen LogP contribution in [0, 0.1) is 11.8 Å². The zero-order chi connectivity index (χ0) is 12.4. The van der Waals surface area contributed by atoms with Crippen LogP contribution in [0.2, 0.25) is 0 Å². The van der Waals surface area contributed by atoms with Gasteiger partial charge in [-0.2, -0.15) is 0 Å². The van der Waals surface area contributed by atoms with E-state index in [9.17, 15) is 0 Å². The van der Waals surface area contributed by atoms with E-state index >= 15 is 0 Å². The molecule has 0 bridgehead atoms. The summed E-state index contributed by atoms with van der Waals surface area (Å²) in [7, 11) is 0. The van der Waals surface area contributed by atoms with E-state index in [0.717, 1.165) is 18.3 Å². The van der Waals surface area contributed by atoms with E-state index in [1.165, 1.54) is 50.2 Å². The molecule has 2 fully saturated rings. The van der Waals surface area contributed by atoms with Crippen molar-refractivity contribution < 1.29 is 0 Å². The van der Waals surface area contributed by atoms with Gasteiger partial charge in [0.05, 0.1) is 0 Å². The van der Waals surface area contributed by atoms with E-state index < -0.39 is 0 Å². The summed E-state index contributed by atoms with van der Waals surface area (Å²) in [5.74, 6) is 3.02. The summed E-state index contributed by atoms with van der Waals surface area (Å²) in [6.45, 7) is 3.11. The average molecular weight is 245 g/mol. The Morgan fingerprint density at radius 3 is 2.39 bits per heavy atom. The fraction of sp³-hybridized carbons (Fsp3) is 0.667. The van der Waals surface area contributed by atoms with E-state index in [0.29, 0.717) is 6.54 Å². The number of anilines is 1. The van der Waals surface area contributed by atoms with Crippen LogP contribution in [0.5, 0.6) is 0 Å². The predicted octanol–water partition coefficient (Wildman–Crippen LogP) is 2.21. The molecule has 3 heteroatoms. The molecule has 0 aromatic carbocycles. The Morgan fingerprint density at radius 1 is 1.17 bits per heavy atom. The molecular formula is C15H23N3. The van der Waals surface area contributed by atoms with Gasteiger partial charge in [0.15, 0.2) is 0 Å². The molecule has 18 heavy (non-hydrogen) atoms. The molecule has 2 aliphatic rings. The van der Waals surface area contributed by atoms with Gasteiger partial charge in [0.25, 0.3) is 0 Å². The van der Waals surface area contributed by atoms with Gasteiger partial charge in [-0.3, -0.25) is 0 Å². The summed E-state index contributed by atoms with van der Waals surface area (Å²) in [6.07, 6.45) is 8.47. The number of nitrogens with two attached hydrogens (primary N) is 1. The van der Waals surface area contributed by atoms with Crippen LogP contribution in [0.4, 0.5) is 5.82 Å². The van der Waals surface area contributed by atoms with Crippen LogP contribution in [0.25, 0.3) is 0 Å². The predicted molar refractivity (Wildman–Crippen MR) is 74.7 cm³/mol. The Kier molecular flexibility index (Phi) is 3.50. The van der Waals surface area contributed by atoms with Crippen molar-refractivity contribution in [2.75, 3.05) is 24.5 Å². The Bertz CT molecular complexity index is 382. The van der Waals surface area contributed by atoms with Gasteiger partial charge in [-0.15, -0.1) is 0 Å². The maximum atomic E-state index is 5.71. The molecular weight excluding hydrogens is 222 g/mol. The Balaban J connectivity index is 1.77. The lowest BCUT2D eigenvalue weighted by Gasteiger charge is -2.26. The molecule has 1 aromatic rings. The van der Waals surface area contributed by atoms with Crippen LogP contribution in [0.15, 0.2) is 18.3 Å². The standard InChI is InChI=1S/C15H23N3/c16-8-7-14-2-1-9-17-15(14)18(10-12-3-4-12)11-13-5-6-13/h1-2,9,12-13H,3-8,10-11,16H2. The second kappa shape index (κ2) is 5.27. The van der Waals surface area contributed by atoms with E-state index in [-0.39, 0.29) is 0 Å². The molecule has 2 aliphatic carbocycles. The number of rotatable bonds is 7. The number of nitrogens with zero attached hydrogens (tertiary/aromatic N) is 2. The van der Waals surface area contributed by atoms with Crippen LogP contribution in [-0.2, 0) is 6.42 Å². The van der Waals surface area contributed by atoms with Gasteiger partial charge in [0.1, 0.15) is 5.82 Å². The molecule has 0 spiro atoms. The summed E-state index contributed by atoms with van der Waals surface area (Å²) < 4.78 is 0. The third kappa shape index (κ3) is 3.02. The highest BCUT2D eigenvalue weighted by Gasteiger charge is 2.30. The summed E-state index contributed by atoms with van der Waals surface area (Å²) in [5, 5.41) is 0. The topological polar surface area (TPSA) is 42.1 Å². The van der Waals surface area contributed by atoms with Crippen molar-refractivity contribution in [3.05, 3.63) is 23.9 Å². The smallest absolute Gasteiger partial charge is 0.131 e. The number of pyridine rings is 1. The number of hydrogen-bond donors (Lipinski definition) is 1. The normalized spacial score (nSPS) is 18.9. The molecule has 3 nitrogen and oxygen atoms in total. The van der Waals surface area contributed by atoms with Crippen LogP contribution >= 0.6 is 0 Å². The van der Waals surface area contributed by atoms with E-state index in [2.05, 4.69) is 16.0 Å². The van der Waals surface area contributed by atoms with E-state index in [1.807, 2.05) is 12.3 Å². The highest BCUT2D eigenvalue weighted by Crippen LogP contribution is 2.36. The molecule has 0 aliphatic heterocycles. The first-order valence-corrected chi connectivity index (χ1v) is 7.25. The lowest BCUT2D eigenvalue weighted by atomic mass is 10.1. The van der Waals surface area contributed by atoms with Crippen LogP contribution in [0.1, 0.15) is 31.2 Å². The molecule has 1 heterocycles. The van der Waals surface area contributed by atoms with Gasteiger partial charge >= 0.3 is 0 Å². The molecule has 0 saturated heterocycles. The molecule has 0 radical (unpaired) electrons.